The molecule has 0 unspecified atom stereocenters. The summed E-state index contributed by atoms with van der Waals surface area (Å²) < 4.78 is 0. The van der Waals surface area contributed by atoms with Gasteiger partial charge in [-0.25, -0.2) is 0 Å². The van der Waals surface area contributed by atoms with Crippen molar-refractivity contribution in [3.05, 3.63) is 0 Å². The predicted octanol–water partition coefficient (Wildman–Crippen LogP) is -0.978. The summed E-state index contributed by atoms with van der Waals surface area (Å²) in [6.45, 7) is 8.88. The lowest BCUT2D eigenvalue weighted by Gasteiger charge is -2.41. The Morgan fingerprint density at radius 2 is 1.32 bits per heavy atom. The number of likely N-dealkylation sites (tertiary alicyclic amines) is 1. The lowest BCUT2D eigenvalue weighted by atomic mass is 9.85. The summed E-state index contributed by atoms with van der Waals surface area (Å²) in [7, 11) is 0. The summed E-state index contributed by atoms with van der Waals surface area (Å²) >= 11 is 0. The van der Waals surface area contributed by atoms with E-state index in [1.54, 1.807) is 0 Å². The predicted molar refractivity (Wildman–Crippen MR) is 233 cm³/mol. The molecule has 20 nitrogen and oxygen atoms in total. The fourth-order valence-electron chi connectivity index (χ4n) is 8.62. The van der Waals surface area contributed by atoms with E-state index in [2.05, 4.69) is 36.9 Å². The Hall–Kier alpha value is -5.01. The zero-order chi connectivity index (χ0) is 46.0. The van der Waals surface area contributed by atoms with E-state index < -0.39 is 83.5 Å². The molecule has 3 rings (SSSR count). The van der Waals surface area contributed by atoms with Gasteiger partial charge in [0.05, 0.1) is 6.42 Å². The van der Waals surface area contributed by atoms with Crippen LogP contribution in [0.25, 0.3) is 0 Å². The number of hydrogen-bond acceptors (Lipinski definition) is 10. The lowest BCUT2D eigenvalue weighted by Crippen LogP contribution is -2.67. The van der Waals surface area contributed by atoms with Gasteiger partial charge in [0.1, 0.15) is 35.7 Å². The van der Waals surface area contributed by atoms with Crippen molar-refractivity contribution in [2.24, 2.45) is 45.7 Å². The van der Waals surface area contributed by atoms with E-state index in [0.717, 1.165) is 19.3 Å². The van der Waals surface area contributed by atoms with E-state index in [9.17, 15) is 38.4 Å². The zero-order valence-electron chi connectivity index (χ0n) is 37.2. The summed E-state index contributed by atoms with van der Waals surface area (Å²) in [5.41, 5.74) is 20.1. The van der Waals surface area contributed by atoms with Gasteiger partial charge in [-0.15, -0.1) is 0 Å². The molecule has 14 N–H and O–H groups in total. The van der Waals surface area contributed by atoms with Crippen molar-refractivity contribution in [3.63, 3.8) is 0 Å². The largest absolute Gasteiger partial charge is 0.370 e. The summed E-state index contributed by atoms with van der Waals surface area (Å²) in [4.78, 5) is 112. The number of nitrogens with zero attached hydrogens (tertiary/aromatic N) is 2. The Labute approximate surface area is 365 Å². The second-order valence-electron chi connectivity index (χ2n) is 18.1. The third-order valence-corrected chi connectivity index (χ3v) is 11.9. The molecule has 2 heterocycles. The molecule has 0 aromatic rings. The molecule has 20 heteroatoms. The number of carbonyl (C=O) groups is 8. The molecular weight excluding hydrogens is 801 g/mol. The van der Waals surface area contributed by atoms with Gasteiger partial charge in [-0.1, -0.05) is 59.8 Å². The lowest BCUT2D eigenvalue weighted by molar-refractivity contribution is -0.148. The van der Waals surface area contributed by atoms with Crippen LogP contribution >= 0.6 is 0 Å². The van der Waals surface area contributed by atoms with E-state index in [1.807, 2.05) is 27.7 Å². The Morgan fingerprint density at radius 3 is 1.90 bits per heavy atom. The number of nitrogens with one attached hydrogen (secondary N) is 6. The highest BCUT2D eigenvalue weighted by atomic mass is 16.2. The minimum atomic E-state index is -1.43. The standard InChI is InChI=1S/C42H74N12O8/c1-25(2)22-30(49-34(56)15-14-27-10-6-5-7-11-27)37(59)52-31(23-26(3)4)38(60)53-42(16-19-47-20-17-42)40(62)54-21-9-13-32(54)39(61)50-28(12-8-18-48-41(45)46)36(58)51-29(35(44)57)24-33(43)55/h25-32,47H,5-24H2,1-4H3,(H2,43,55)(H2,44,57)(H,49,56)(H,50,61)(H,51,58)(H,52,59)(H,53,60)(H4,45,46,48)/t28-,29-,30-,31-,32-/m0/s1. The first-order valence-corrected chi connectivity index (χ1v) is 22.5. The number of piperidine rings is 1. The maximum atomic E-state index is 14.7. The van der Waals surface area contributed by atoms with Gasteiger partial charge in [0.15, 0.2) is 5.96 Å². The Kier molecular flexibility index (Phi) is 20.9. The third kappa shape index (κ3) is 16.7. The number of aliphatic imine (C=N–C) groups is 1. The Morgan fingerprint density at radius 1 is 0.726 bits per heavy atom. The minimum absolute atomic E-state index is 0.0217. The molecule has 0 radical (unpaired) electrons. The highest BCUT2D eigenvalue weighted by molar-refractivity contribution is 5.99. The van der Waals surface area contributed by atoms with Crippen molar-refractivity contribution in [3.8, 4) is 0 Å². The molecule has 1 aliphatic carbocycles. The number of carbonyl (C=O) groups excluding carboxylic acids is 8. The van der Waals surface area contributed by atoms with Crippen molar-refractivity contribution in [1.82, 2.24) is 36.8 Å². The molecule has 1 saturated carbocycles. The van der Waals surface area contributed by atoms with Gasteiger partial charge >= 0.3 is 0 Å². The molecule has 5 atom stereocenters. The molecule has 0 spiro atoms. The summed E-state index contributed by atoms with van der Waals surface area (Å²) in [6, 6.07) is -5.55. The fourth-order valence-corrected chi connectivity index (χ4v) is 8.62. The third-order valence-electron chi connectivity index (χ3n) is 11.9. The van der Waals surface area contributed by atoms with Crippen LogP contribution in [0, 0.1) is 17.8 Å². The summed E-state index contributed by atoms with van der Waals surface area (Å²) in [5.74, 6) is -4.60. The van der Waals surface area contributed by atoms with Crippen molar-refractivity contribution in [2.75, 3.05) is 26.2 Å². The van der Waals surface area contributed by atoms with Crippen LogP contribution in [-0.2, 0) is 38.4 Å². The number of hydrogen-bond donors (Lipinski definition) is 10. The molecule has 62 heavy (non-hydrogen) atoms. The van der Waals surface area contributed by atoms with Gasteiger partial charge in [-0.2, -0.15) is 0 Å². The quantitative estimate of drug-likeness (QED) is 0.0319. The molecule has 3 aliphatic rings. The van der Waals surface area contributed by atoms with Gasteiger partial charge in [0, 0.05) is 19.5 Å². The van der Waals surface area contributed by atoms with Crippen LogP contribution in [0.5, 0.6) is 0 Å². The van der Waals surface area contributed by atoms with E-state index >= 15 is 0 Å². The zero-order valence-corrected chi connectivity index (χ0v) is 37.2. The summed E-state index contributed by atoms with van der Waals surface area (Å²) in [5, 5.41) is 17.2. The molecule has 8 amide bonds. The second-order valence-corrected chi connectivity index (χ2v) is 18.1. The number of guanidine groups is 1. The van der Waals surface area contributed by atoms with Gasteiger partial charge in [-0.05, 0) is 88.6 Å². The van der Waals surface area contributed by atoms with E-state index in [4.69, 9.17) is 22.9 Å². The Bertz CT molecular complexity index is 1590. The van der Waals surface area contributed by atoms with Gasteiger partial charge in [0.2, 0.25) is 47.3 Å². The van der Waals surface area contributed by atoms with Crippen LogP contribution in [0.4, 0.5) is 0 Å². The van der Waals surface area contributed by atoms with Crippen LogP contribution in [0.15, 0.2) is 4.99 Å². The fraction of sp³-hybridized carbons (Fsp3) is 0.786. The topological polar surface area (TPSA) is 328 Å². The first-order chi connectivity index (χ1) is 29.3. The van der Waals surface area contributed by atoms with E-state index in [0.29, 0.717) is 38.3 Å². The summed E-state index contributed by atoms with van der Waals surface area (Å²) in [6.07, 6.45) is 8.41. The van der Waals surface area contributed by atoms with Crippen LogP contribution in [-0.4, -0.2) is 120 Å². The van der Waals surface area contributed by atoms with Gasteiger partial charge in [0.25, 0.3) is 0 Å². The first kappa shape index (κ1) is 51.3. The molecule has 2 saturated heterocycles. The maximum Gasteiger partial charge on any atom is 0.249 e. The first-order valence-electron chi connectivity index (χ1n) is 22.5. The average Bonchev–Trinajstić information content (AvgIpc) is 3.70. The average molecular weight is 875 g/mol. The molecule has 2 aliphatic heterocycles. The van der Waals surface area contributed by atoms with Crippen molar-refractivity contribution >= 4 is 53.2 Å². The van der Waals surface area contributed by atoms with Crippen LogP contribution in [0.3, 0.4) is 0 Å². The van der Waals surface area contributed by atoms with Gasteiger partial charge < -0.3 is 59.7 Å². The van der Waals surface area contributed by atoms with Crippen LogP contribution in [0.2, 0.25) is 0 Å². The SMILES string of the molecule is CC(C)C[C@H](NC(=O)CCC1CCCCC1)C(=O)N[C@@H](CC(C)C)C(=O)NC1(C(=O)N2CCC[C@H]2C(=O)N[C@@H](CCCN=C(N)N)C(=O)N[C@@H](CC(N)=O)C(N)=O)CCNCC1. The highest BCUT2D eigenvalue weighted by Crippen LogP contribution is 2.29. The molecule has 350 valence electrons. The maximum absolute atomic E-state index is 14.7. The molecule has 0 bridgehead atoms. The van der Waals surface area contributed by atoms with E-state index in [1.165, 1.54) is 24.2 Å². The smallest absolute Gasteiger partial charge is 0.249 e. The van der Waals surface area contributed by atoms with Crippen molar-refractivity contribution < 1.29 is 38.4 Å². The van der Waals surface area contributed by atoms with E-state index in [-0.39, 0.29) is 75.3 Å². The van der Waals surface area contributed by atoms with Crippen LogP contribution in [0.1, 0.15) is 130 Å². The molecule has 0 aromatic heterocycles. The number of primary amides is 2. The number of nitrogens with two attached hydrogens (primary N) is 4. The van der Waals surface area contributed by atoms with Gasteiger partial charge in [-0.3, -0.25) is 43.3 Å². The van der Waals surface area contributed by atoms with Crippen molar-refractivity contribution in [1.29, 1.82) is 0 Å². The normalized spacial score (nSPS) is 19.6. The van der Waals surface area contributed by atoms with Crippen LogP contribution < -0.4 is 54.8 Å². The molecule has 3 fully saturated rings. The second kappa shape index (κ2) is 25.2. The molecular formula is C42H74N12O8. The Balaban J connectivity index is 1.80. The van der Waals surface area contributed by atoms with Crippen molar-refractivity contribution in [2.45, 2.75) is 166 Å². The number of amides is 8. The number of rotatable bonds is 24. The highest BCUT2D eigenvalue weighted by Gasteiger charge is 2.48. The molecule has 0 aromatic carbocycles. The monoisotopic (exact) mass is 875 g/mol. The minimum Gasteiger partial charge on any atom is -0.370 e.